The molecule has 126 valence electrons. The number of carboxylic acid groups (broad SMARTS) is 2. The minimum atomic E-state index is -1.56. The van der Waals surface area contributed by atoms with Crippen molar-refractivity contribution >= 4 is 23.7 Å². The molecular formula is C16H16N2O5S. The molecule has 0 unspecified atom stereocenters. The molecule has 0 saturated heterocycles. The van der Waals surface area contributed by atoms with Crippen LogP contribution in [0.5, 0.6) is 0 Å². The molecule has 0 aliphatic heterocycles. The van der Waals surface area contributed by atoms with E-state index in [2.05, 4.69) is 5.10 Å². The Balaban J connectivity index is 2.82. The molecule has 0 radical (unpaired) electrons. The highest BCUT2D eigenvalue weighted by atomic mass is 32.2. The fraction of sp³-hybridized carbons (Fsp3) is 0.250. The van der Waals surface area contributed by atoms with Crippen LogP contribution in [0, 0.1) is 0 Å². The molecule has 0 aliphatic rings. The van der Waals surface area contributed by atoms with E-state index in [9.17, 15) is 24.6 Å². The third-order valence-electron chi connectivity index (χ3n) is 3.41. The van der Waals surface area contributed by atoms with Crippen molar-refractivity contribution in [2.75, 3.05) is 6.26 Å². The van der Waals surface area contributed by atoms with Crippen LogP contribution in [-0.2, 0) is 6.42 Å². The first-order chi connectivity index (χ1) is 11.4. The van der Waals surface area contributed by atoms with Gasteiger partial charge in [-0.25, -0.2) is 14.3 Å². The number of thioether (sulfide) groups is 1. The Morgan fingerprint density at radius 3 is 2.25 bits per heavy atom. The van der Waals surface area contributed by atoms with E-state index >= 15 is 0 Å². The summed E-state index contributed by atoms with van der Waals surface area (Å²) >= 11 is 1.54. The number of carbonyl (C=O) groups is 2. The van der Waals surface area contributed by atoms with Gasteiger partial charge in [-0.15, -0.1) is 11.8 Å². The van der Waals surface area contributed by atoms with Gasteiger partial charge in [-0.05, 0) is 36.9 Å². The molecule has 1 aromatic carbocycles. The number of carboxylic acids is 2. The van der Waals surface area contributed by atoms with Crippen LogP contribution in [0.2, 0.25) is 0 Å². The minimum Gasteiger partial charge on any atom is -0.477 e. The molecule has 0 atom stereocenters. The van der Waals surface area contributed by atoms with Gasteiger partial charge in [-0.1, -0.05) is 13.3 Å². The van der Waals surface area contributed by atoms with Crippen molar-refractivity contribution in [1.29, 1.82) is 0 Å². The largest absolute Gasteiger partial charge is 0.477 e. The average molecular weight is 348 g/mol. The second kappa shape index (κ2) is 7.31. The zero-order chi connectivity index (χ0) is 17.9. The van der Waals surface area contributed by atoms with Gasteiger partial charge in [0.1, 0.15) is 5.56 Å². The molecule has 2 N–H and O–H groups in total. The molecule has 2 aromatic rings. The van der Waals surface area contributed by atoms with E-state index in [1.807, 2.05) is 25.3 Å². The smallest absolute Gasteiger partial charge is 0.360 e. The number of rotatable bonds is 6. The number of nitrogens with zero attached hydrogens (tertiary/aromatic N) is 2. The summed E-state index contributed by atoms with van der Waals surface area (Å²) in [7, 11) is 0. The molecule has 2 rings (SSSR count). The molecule has 0 spiro atoms. The summed E-state index contributed by atoms with van der Waals surface area (Å²) in [5.41, 5.74) is -1.73. The molecule has 0 saturated carbocycles. The van der Waals surface area contributed by atoms with Gasteiger partial charge in [0.15, 0.2) is 0 Å². The quantitative estimate of drug-likeness (QED) is 0.771. The number of hydrogen-bond donors (Lipinski definition) is 2. The Morgan fingerprint density at radius 2 is 1.79 bits per heavy atom. The van der Waals surface area contributed by atoms with Gasteiger partial charge in [0.05, 0.1) is 11.4 Å². The Hall–Kier alpha value is -2.61. The van der Waals surface area contributed by atoms with Crippen LogP contribution in [0.3, 0.4) is 0 Å². The third kappa shape index (κ3) is 3.33. The highest BCUT2D eigenvalue weighted by molar-refractivity contribution is 7.98. The standard InChI is InChI=1S/C16H16N2O5S/c1-3-4-11-12(15(20)21)14(19)13(16(22)23)17-18(11)9-5-7-10(24-2)8-6-9/h5-8H,3-4H2,1-2H3,(H,20,21)(H,22,23). The average Bonchev–Trinajstić information content (AvgIpc) is 2.55. The van der Waals surface area contributed by atoms with Gasteiger partial charge in [0.25, 0.3) is 0 Å². The summed E-state index contributed by atoms with van der Waals surface area (Å²) in [4.78, 5) is 36.0. The van der Waals surface area contributed by atoms with Crippen LogP contribution in [0.15, 0.2) is 34.0 Å². The summed E-state index contributed by atoms with van der Waals surface area (Å²) in [6, 6.07) is 7.05. The van der Waals surface area contributed by atoms with Crippen molar-refractivity contribution in [1.82, 2.24) is 9.78 Å². The fourth-order valence-electron chi connectivity index (χ4n) is 2.33. The van der Waals surface area contributed by atoms with Crippen molar-refractivity contribution < 1.29 is 19.8 Å². The molecule has 0 fully saturated rings. The van der Waals surface area contributed by atoms with Crippen LogP contribution >= 0.6 is 11.8 Å². The van der Waals surface area contributed by atoms with E-state index in [0.717, 1.165) is 4.90 Å². The number of benzene rings is 1. The number of hydrogen-bond acceptors (Lipinski definition) is 5. The van der Waals surface area contributed by atoms with Gasteiger partial charge >= 0.3 is 11.9 Å². The maximum atomic E-state index is 12.2. The first kappa shape index (κ1) is 17.7. The lowest BCUT2D eigenvalue weighted by Crippen LogP contribution is -2.31. The lowest BCUT2D eigenvalue weighted by Gasteiger charge is -2.15. The maximum absolute atomic E-state index is 12.2. The van der Waals surface area contributed by atoms with Crippen molar-refractivity contribution in [3.8, 4) is 5.69 Å². The molecule has 0 bridgehead atoms. The Kier molecular flexibility index (Phi) is 5.40. The predicted octanol–water partition coefficient (Wildman–Crippen LogP) is 2.30. The molecular weight excluding hydrogens is 332 g/mol. The maximum Gasteiger partial charge on any atom is 0.360 e. The van der Waals surface area contributed by atoms with E-state index in [4.69, 9.17) is 0 Å². The van der Waals surface area contributed by atoms with Crippen LogP contribution in [0.1, 0.15) is 39.9 Å². The van der Waals surface area contributed by atoms with Crippen molar-refractivity contribution in [2.24, 2.45) is 0 Å². The van der Waals surface area contributed by atoms with E-state index in [1.54, 1.807) is 12.1 Å². The van der Waals surface area contributed by atoms with Gasteiger partial charge in [0, 0.05) is 4.90 Å². The van der Waals surface area contributed by atoms with Gasteiger partial charge in [-0.3, -0.25) is 4.79 Å². The summed E-state index contributed by atoms with van der Waals surface area (Å²) < 4.78 is 1.24. The van der Waals surface area contributed by atoms with Gasteiger partial charge in [-0.2, -0.15) is 5.10 Å². The normalized spacial score (nSPS) is 10.6. The predicted molar refractivity (Wildman–Crippen MR) is 89.5 cm³/mol. The molecule has 0 aliphatic carbocycles. The Labute approximate surface area is 141 Å². The van der Waals surface area contributed by atoms with Crippen LogP contribution in [-0.4, -0.2) is 38.2 Å². The molecule has 8 heteroatoms. The lowest BCUT2D eigenvalue weighted by molar-refractivity contribution is 0.0685. The van der Waals surface area contributed by atoms with Crippen molar-refractivity contribution in [2.45, 2.75) is 24.7 Å². The summed E-state index contributed by atoms with van der Waals surface area (Å²) in [5, 5.41) is 22.5. The molecule has 1 aromatic heterocycles. The molecule has 1 heterocycles. The second-order valence-corrected chi connectivity index (χ2v) is 5.85. The minimum absolute atomic E-state index is 0.192. The molecule has 7 nitrogen and oxygen atoms in total. The first-order valence-corrected chi connectivity index (χ1v) is 8.40. The molecule has 24 heavy (non-hydrogen) atoms. The Morgan fingerprint density at radius 1 is 1.17 bits per heavy atom. The molecule has 0 amide bonds. The van der Waals surface area contributed by atoms with Gasteiger partial charge < -0.3 is 10.2 Å². The highest BCUT2D eigenvalue weighted by Crippen LogP contribution is 2.19. The number of aromatic carboxylic acids is 2. The van der Waals surface area contributed by atoms with Crippen molar-refractivity contribution in [3.63, 3.8) is 0 Å². The first-order valence-electron chi connectivity index (χ1n) is 7.17. The fourth-order valence-corrected chi connectivity index (χ4v) is 2.73. The zero-order valence-corrected chi connectivity index (χ0v) is 14.0. The second-order valence-electron chi connectivity index (χ2n) is 4.97. The Bertz CT molecular complexity index is 843. The zero-order valence-electron chi connectivity index (χ0n) is 13.1. The summed E-state index contributed by atoms with van der Waals surface area (Å²) in [6.45, 7) is 1.84. The van der Waals surface area contributed by atoms with E-state index in [-0.39, 0.29) is 12.1 Å². The van der Waals surface area contributed by atoms with Crippen LogP contribution in [0.25, 0.3) is 5.69 Å². The van der Waals surface area contributed by atoms with Crippen LogP contribution < -0.4 is 5.43 Å². The third-order valence-corrected chi connectivity index (χ3v) is 4.15. The highest BCUT2D eigenvalue weighted by Gasteiger charge is 2.25. The number of aromatic nitrogens is 2. The summed E-state index contributed by atoms with van der Waals surface area (Å²) in [6.07, 6.45) is 2.78. The summed E-state index contributed by atoms with van der Waals surface area (Å²) in [5.74, 6) is -3.01. The van der Waals surface area contributed by atoms with E-state index in [0.29, 0.717) is 12.1 Å². The van der Waals surface area contributed by atoms with E-state index in [1.165, 1.54) is 16.4 Å². The monoisotopic (exact) mass is 348 g/mol. The SMILES string of the molecule is CCCc1c(C(=O)O)c(=O)c(C(=O)O)nn1-c1ccc(SC)cc1. The van der Waals surface area contributed by atoms with E-state index < -0.39 is 28.6 Å². The topological polar surface area (TPSA) is 109 Å². The van der Waals surface area contributed by atoms with Crippen LogP contribution in [0.4, 0.5) is 0 Å². The lowest BCUT2D eigenvalue weighted by atomic mass is 10.1. The van der Waals surface area contributed by atoms with Crippen molar-refractivity contribution in [3.05, 3.63) is 51.4 Å². The van der Waals surface area contributed by atoms with Gasteiger partial charge in [0.2, 0.25) is 11.1 Å².